The van der Waals surface area contributed by atoms with Crippen molar-refractivity contribution in [1.29, 1.82) is 0 Å². The Labute approximate surface area is 881 Å². The van der Waals surface area contributed by atoms with E-state index >= 15 is 0 Å². The van der Waals surface area contributed by atoms with E-state index in [1.165, 1.54) is 80.4 Å². The summed E-state index contributed by atoms with van der Waals surface area (Å²) < 4.78 is 69.5. The van der Waals surface area contributed by atoms with Crippen LogP contribution in [0, 0.1) is 140 Å². The summed E-state index contributed by atoms with van der Waals surface area (Å²) in [7, 11) is 0. The van der Waals surface area contributed by atoms with E-state index in [1.54, 1.807) is 78.9 Å². The minimum atomic E-state index is -0.207. The standard InChI is InChI=1S/C26H25ClFNO.4C26H27FN2O/c27-20-9-4-17(5-10-20)26(30)29-25-13-8-18-14-19(25)7-12-22(18)23-3-1-2-16-6-11-21(28)15-24(16)23;4*1-16-2-7-20(8-3-16)29-26(30)22-10-5-17-14-18(22)4-9-21(17)23-12-13-28-25-11-6-19(27)15-24(23)25/h1-6,9-11,15,18-19,22,25H,7-8,12-14H2,(H,29,30);4*2-3,6-8,11-13,15,17-18,21-22H,4-5,9-10,14H2,1H3,(H,29,30)/t18-,19-,22+,25+;2*17-,18-,21+,22+;2*17-,18-,21+,22-/m11010/s1. The van der Waals surface area contributed by atoms with Crippen molar-refractivity contribution in [1.82, 2.24) is 25.3 Å². The molecule has 0 aliphatic heterocycles. The number of anilines is 4. The molecular weight excluding hydrogens is 1900 g/mol. The van der Waals surface area contributed by atoms with Crippen molar-refractivity contribution >= 4 is 118 Å². The minimum Gasteiger partial charge on any atom is -0.349 e. The van der Waals surface area contributed by atoms with Crippen LogP contribution in [-0.2, 0) is 19.2 Å². The Morgan fingerprint density at radius 1 is 0.260 bits per heavy atom. The number of aromatic nitrogens is 4. The maximum atomic E-state index is 13.9. The third-order valence-corrected chi connectivity index (χ3v) is 36.3. The third kappa shape index (κ3) is 23.2. The number of rotatable bonds is 15. The second kappa shape index (κ2) is 45.8. The Morgan fingerprint density at radius 2 is 0.520 bits per heavy atom. The molecule has 20 heteroatoms. The molecule has 5 amide bonds. The topological polar surface area (TPSA) is 197 Å². The van der Waals surface area contributed by atoms with E-state index in [2.05, 4.69) is 89.0 Å². The highest BCUT2D eigenvalue weighted by molar-refractivity contribution is 6.30. The minimum absolute atomic E-state index is 0.0123. The fraction of sp³-hybridized carbons (Fsp3) is 0.377. The number of carbonyl (C=O) groups excluding carboxylic acids is 5. The number of benzene rings is 11. The summed E-state index contributed by atoms with van der Waals surface area (Å²) in [5.41, 5.74) is 18.6. The van der Waals surface area contributed by atoms with Crippen LogP contribution in [0.4, 0.5) is 44.7 Å². The summed E-state index contributed by atoms with van der Waals surface area (Å²) in [5, 5.41) is 22.4. The van der Waals surface area contributed by atoms with Crippen molar-refractivity contribution in [2.75, 3.05) is 21.3 Å². The van der Waals surface area contributed by atoms with E-state index in [0.29, 0.717) is 99.4 Å². The van der Waals surface area contributed by atoms with Crippen molar-refractivity contribution in [3.05, 3.63) is 369 Å². The average Bonchev–Trinajstić information content (AvgIpc) is 0.777. The van der Waals surface area contributed by atoms with E-state index in [4.69, 9.17) is 11.6 Å². The normalized spacial score (nSPS) is 25.8. The Hall–Kier alpha value is -13.4. The van der Waals surface area contributed by atoms with Crippen LogP contribution < -0.4 is 26.6 Å². The highest BCUT2D eigenvalue weighted by Crippen LogP contribution is 2.57. The van der Waals surface area contributed by atoms with Gasteiger partial charge in [0.25, 0.3) is 5.91 Å². The zero-order chi connectivity index (χ0) is 103. The predicted octanol–water partition coefficient (Wildman–Crippen LogP) is 31.6. The zero-order valence-corrected chi connectivity index (χ0v) is 86.6. The molecule has 10 bridgehead atoms. The van der Waals surface area contributed by atoms with Crippen LogP contribution in [0.2, 0.25) is 5.02 Å². The lowest BCUT2D eigenvalue weighted by molar-refractivity contribution is -0.124. The van der Waals surface area contributed by atoms with Crippen molar-refractivity contribution in [2.45, 2.75) is 224 Å². The van der Waals surface area contributed by atoms with Gasteiger partial charge in [0.05, 0.1) is 22.1 Å². The molecule has 150 heavy (non-hydrogen) atoms. The SMILES string of the molecule is Cc1ccc(NC(=O)[C@@H]2CC[C@@H]3C[C@H]2CC[C@@H]3c2ccnc3ccc(F)cc23)cc1.Cc1ccc(NC(=O)[C@@H]2CC[C@H]3C[C@@H]2CC[C@H]3c2ccnc3ccc(F)cc23)cc1.Cc1ccc(NC(=O)[C@H]2CC[C@@H]3C[C@H]2CC[C@@H]3c2ccnc3ccc(F)cc23)cc1.Cc1ccc(NC(=O)[C@H]2CC[C@H]3C[C@@H]2CC[C@H]3c2ccnc3ccc(F)cc23)cc1.O=C(N[C@H]1CC[C@@H]2C[C@H]1CC[C@@H]2c1cccc2ccc(F)cc12)c1ccc(Cl)cc1. The molecule has 10 aliphatic carbocycles. The summed E-state index contributed by atoms with van der Waals surface area (Å²) in [6, 6.07) is 78.6. The molecular formula is C130H133ClF5N9O5. The molecule has 770 valence electrons. The van der Waals surface area contributed by atoms with Gasteiger partial charge in [0.2, 0.25) is 23.6 Å². The van der Waals surface area contributed by atoms with Gasteiger partial charge in [-0.2, -0.15) is 0 Å². The van der Waals surface area contributed by atoms with Gasteiger partial charge in [-0.3, -0.25) is 43.9 Å². The molecule has 10 fully saturated rings. The molecule has 0 unspecified atom stereocenters. The van der Waals surface area contributed by atoms with Crippen LogP contribution in [-0.4, -0.2) is 55.5 Å². The zero-order valence-electron chi connectivity index (χ0n) is 85.9. The number of halogens is 6. The lowest BCUT2D eigenvalue weighted by Gasteiger charge is -2.45. The first-order chi connectivity index (χ1) is 72.9. The highest BCUT2D eigenvalue weighted by atomic mass is 35.5. The quantitative estimate of drug-likeness (QED) is 0.0620. The van der Waals surface area contributed by atoms with Gasteiger partial charge < -0.3 is 26.6 Å². The lowest BCUT2D eigenvalue weighted by Crippen LogP contribution is -2.46. The Balaban J connectivity index is 0.000000109. The molecule has 15 aromatic rings. The van der Waals surface area contributed by atoms with Gasteiger partial charge in [-0.15, -0.1) is 0 Å². The van der Waals surface area contributed by atoms with Gasteiger partial charge in [-0.1, -0.05) is 107 Å². The van der Waals surface area contributed by atoms with Crippen LogP contribution in [0.15, 0.2) is 280 Å². The van der Waals surface area contributed by atoms with Crippen LogP contribution in [0.1, 0.15) is 251 Å². The molecule has 20 atom stereocenters. The van der Waals surface area contributed by atoms with Gasteiger partial charge in [-0.25, -0.2) is 22.0 Å². The highest BCUT2D eigenvalue weighted by Gasteiger charge is 2.48. The number of nitrogens with zero attached hydrogens (tertiary/aromatic N) is 4. The summed E-state index contributed by atoms with van der Waals surface area (Å²) in [5.74, 6) is 7.30. The fourth-order valence-corrected chi connectivity index (χ4v) is 28.6. The maximum Gasteiger partial charge on any atom is 0.251 e. The molecule has 0 saturated heterocycles. The smallest absolute Gasteiger partial charge is 0.251 e. The van der Waals surface area contributed by atoms with Crippen LogP contribution in [0.5, 0.6) is 0 Å². The molecule has 11 aromatic carbocycles. The summed E-state index contributed by atoms with van der Waals surface area (Å²) >= 11 is 5.93. The van der Waals surface area contributed by atoms with E-state index < -0.39 is 0 Å². The van der Waals surface area contributed by atoms with Crippen LogP contribution in [0.25, 0.3) is 54.4 Å². The molecule has 10 aliphatic rings. The first kappa shape index (κ1) is 102. The maximum absolute atomic E-state index is 13.9. The van der Waals surface area contributed by atoms with Gasteiger partial charge in [0, 0.05) is 109 Å². The Morgan fingerprint density at radius 3 is 0.827 bits per heavy atom. The fourth-order valence-electron chi connectivity index (χ4n) is 28.5. The van der Waals surface area contributed by atoms with Gasteiger partial charge >= 0.3 is 0 Å². The number of pyridine rings is 4. The van der Waals surface area contributed by atoms with E-state index in [9.17, 15) is 45.9 Å². The van der Waals surface area contributed by atoms with Crippen molar-refractivity contribution in [3.8, 4) is 0 Å². The molecule has 0 spiro atoms. The second-order valence-corrected chi connectivity index (χ2v) is 45.4. The number of amides is 5. The molecule has 5 N–H and O–H groups in total. The molecule has 10 saturated carbocycles. The third-order valence-electron chi connectivity index (χ3n) is 36.1. The van der Waals surface area contributed by atoms with Crippen molar-refractivity contribution < 1.29 is 45.9 Å². The van der Waals surface area contributed by atoms with Crippen LogP contribution >= 0.6 is 11.6 Å². The summed E-state index contributed by atoms with van der Waals surface area (Å²) in [6.07, 6.45) is 33.5. The summed E-state index contributed by atoms with van der Waals surface area (Å²) in [4.78, 5) is 82.2. The van der Waals surface area contributed by atoms with Crippen molar-refractivity contribution in [3.63, 3.8) is 0 Å². The molecule has 14 nitrogen and oxygen atoms in total. The first-order valence-corrected chi connectivity index (χ1v) is 55.2. The number of carbonyl (C=O) groups is 5. The molecule has 25 rings (SSSR count). The predicted molar refractivity (Wildman–Crippen MR) is 591 cm³/mol. The van der Waals surface area contributed by atoms with E-state index in [1.807, 2.05) is 156 Å². The van der Waals surface area contributed by atoms with Gasteiger partial charge in [-0.05, 0) is 498 Å². The Kier molecular flexibility index (Phi) is 31.3. The van der Waals surface area contributed by atoms with Crippen molar-refractivity contribution in [2.24, 2.45) is 82.9 Å². The number of fused-ring (bicyclic) bond motifs is 15. The second-order valence-electron chi connectivity index (χ2n) is 45.0. The molecule has 0 radical (unpaired) electrons. The number of aryl methyl sites for hydroxylation is 4. The Bertz CT molecular complexity index is 6720. The first-order valence-electron chi connectivity index (χ1n) is 54.8. The van der Waals surface area contributed by atoms with E-state index in [-0.39, 0.29) is 88.3 Å². The largest absolute Gasteiger partial charge is 0.349 e. The lowest BCUT2D eigenvalue weighted by atomic mass is 9.61. The monoisotopic (exact) mass is 2030 g/mol. The number of nitrogens with one attached hydrogen (secondary N) is 5. The summed E-state index contributed by atoms with van der Waals surface area (Å²) in [6.45, 7) is 8.19. The molecule has 4 heterocycles. The number of hydrogen-bond acceptors (Lipinski definition) is 9. The van der Waals surface area contributed by atoms with Crippen LogP contribution in [0.3, 0.4) is 0 Å². The number of hydrogen-bond donors (Lipinski definition) is 5. The van der Waals surface area contributed by atoms with Gasteiger partial charge in [0.15, 0.2) is 0 Å². The average molecular weight is 2030 g/mol. The van der Waals surface area contributed by atoms with E-state index in [0.717, 1.165) is 238 Å². The molecule has 4 aromatic heterocycles. The van der Waals surface area contributed by atoms with Gasteiger partial charge in [0.1, 0.15) is 29.1 Å².